The minimum absolute atomic E-state index is 0.279. The Morgan fingerprint density at radius 2 is 1.80 bits per heavy atom. The molecule has 1 saturated heterocycles. The van der Waals surface area contributed by atoms with Crippen molar-refractivity contribution in [1.82, 2.24) is 9.88 Å². The highest BCUT2D eigenvalue weighted by atomic mass is 19.1. The molecular formula is C26H28F2N4O3. The van der Waals surface area contributed by atoms with Crippen molar-refractivity contribution in [3.05, 3.63) is 77.5 Å². The van der Waals surface area contributed by atoms with Gasteiger partial charge in [-0.15, -0.1) is 0 Å². The first-order valence-electron chi connectivity index (χ1n) is 11.4. The number of rotatable bonds is 7. The van der Waals surface area contributed by atoms with Crippen LogP contribution in [0.25, 0.3) is 0 Å². The molecule has 7 nitrogen and oxygen atoms in total. The summed E-state index contributed by atoms with van der Waals surface area (Å²) in [5.74, 6) is 0.476. The number of anilines is 2. The lowest BCUT2D eigenvalue weighted by atomic mass is 10.2. The fourth-order valence-electron chi connectivity index (χ4n) is 4.08. The van der Waals surface area contributed by atoms with Crippen molar-refractivity contribution < 1.29 is 23.0 Å². The first-order valence-corrected chi connectivity index (χ1v) is 11.4. The molecule has 1 amide bonds. The van der Waals surface area contributed by atoms with Crippen LogP contribution in [0.3, 0.4) is 0 Å². The van der Waals surface area contributed by atoms with Gasteiger partial charge < -0.3 is 19.7 Å². The van der Waals surface area contributed by atoms with Gasteiger partial charge in [-0.05, 0) is 42.8 Å². The van der Waals surface area contributed by atoms with E-state index >= 15 is 0 Å². The highest BCUT2D eigenvalue weighted by Crippen LogP contribution is 2.28. The third-order valence-electron chi connectivity index (χ3n) is 5.97. The maximum atomic E-state index is 14.0. The van der Waals surface area contributed by atoms with Crippen molar-refractivity contribution in [3.63, 3.8) is 0 Å². The number of hydrogen-bond acceptors (Lipinski definition) is 6. The molecule has 2 aromatic carbocycles. The van der Waals surface area contributed by atoms with Gasteiger partial charge in [-0.3, -0.25) is 9.69 Å². The molecular weight excluding hydrogens is 454 g/mol. The fraction of sp³-hybridized carbons (Fsp3) is 0.308. The monoisotopic (exact) mass is 482 g/mol. The lowest BCUT2D eigenvalue weighted by molar-refractivity contribution is 0.102. The normalized spacial score (nSPS) is 14.3. The van der Waals surface area contributed by atoms with Gasteiger partial charge in [0, 0.05) is 49.9 Å². The Labute approximate surface area is 203 Å². The van der Waals surface area contributed by atoms with E-state index in [4.69, 9.17) is 9.47 Å². The molecule has 1 aromatic heterocycles. The second-order valence-electron chi connectivity index (χ2n) is 8.28. The number of aromatic nitrogens is 1. The summed E-state index contributed by atoms with van der Waals surface area (Å²) >= 11 is 0. The number of benzene rings is 2. The van der Waals surface area contributed by atoms with Crippen molar-refractivity contribution in [3.8, 4) is 11.5 Å². The number of methoxy groups -OCH3 is 2. The van der Waals surface area contributed by atoms with Gasteiger partial charge in [-0.1, -0.05) is 6.07 Å². The molecule has 0 bridgehead atoms. The summed E-state index contributed by atoms with van der Waals surface area (Å²) in [5, 5.41) is 2.85. The number of nitrogens with zero attached hydrogens (tertiary/aromatic N) is 3. The second kappa shape index (κ2) is 11.1. The number of carbonyl (C=O) groups excluding carboxylic acids is 1. The van der Waals surface area contributed by atoms with Gasteiger partial charge in [0.1, 0.15) is 17.5 Å². The van der Waals surface area contributed by atoms with Crippen LogP contribution >= 0.6 is 0 Å². The van der Waals surface area contributed by atoms with E-state index in [0.717, 1.165) is 44.5 Å². The van der Waals surface area contributed by atoms with Gasteiger partial charge in [-0.2, -0.15) is 0 Å². The number of carbonyl (C=O) groups is 1. The first kappa shape index (κ1) is 24.4. The Kier molecular flexibility index (Phi) is 7.77. The molecule has 0 saturated carbocycles. The highest BCUT2D eigenvalue weighted by molar-refractivity contribution is 6.04. The summed E-state index contributed by atoms with van der Waals surface area (Å²) in [6.45, 7) is 3.53. The van der Waals surface area contributed by atoms with Crippen molar-refractivity contribution in [2.75, 3.05) is 50.6 Å². The Morgan fingerprint density at radius 3 is 2.51 bits per heavy atom. The molecule has 0 unspecified atom stereocenters. The maximum absolute atomic E-state index is 14.0. The van der Waals surface area contributed by atoms with Crippen molar-refractivity contribution in [2.45, 2.75) is 13.0 Å². The predicted octanol–water partition coefficient (Wildman–Crippen LogP) is 4.34. The van der Waals surface area contributed by atoms with E-state index in [1.807, 2.05) is 12.1 Å². The summed E-state index contributed by atoms with van der Waals surface area (Å²) in [5.41, 5.74) is 1.52. The molecule has 1 N–H and O–H groups in total. The van der Waals surface area contributed by atoms with Crippen LogP contribution in [0.2, 0.25) is 0 Å². The second-order valence-corrected chi connectivity index (χ2v) is 8.28. The SMILES string of the molecule is COc1ccc(C(=O)Nc2ccc(N3CCCN(Cc4ccc(F)cc4F)CC3)nc2)cc1OC. The van der Waals surface area contributed by atoms with Crippen molar-refractivity contribution >= 4 is 17.4 Å². The average molecular weight is 483 g/mol. The van der Waals surface area contributed by atoms with Gasteiger partial charge >= 0.3 is 0 Å². The number of ether oxygens (including phenoxy) is 2. The molecule has 1 fully saturated rings. The largest absolute Gasteiger partial charge is 0.493 e. The Hall–Kier alpha value is -3.72. The van der Waals surface area contributed by atoms with Gasteiger partial charge in [0.05, 0.1) is 26.1 Å². The smallest absolute Gasteiger partial charge is 0.255 e. The summed E-state index contributed by atoms with van der Waals surface area (Å²) in [6.07, 6.45) is 2.52. The molecule has 184 valence electrons. The van der Waals surface area contributed by atoms with Crippen LogP contribution < -0.4 is 19.7 Å². The third-order valence-corrected chi connectivity index (χ3v) is 5.97. The molecule has 9 heteroatoms. The zero-order valence-corrected chi connectivity index (χ0v) is 19.8. The molecule has 1 aliphatic heterocycles. The molecule has 0 radical (unpaired) electrons. The minimum Gasteiger partial charge on any atom is -0.493 e. The van der Waals surface area contributed by atoms with Crippen LogP contribution in [0.4, 0.5) is 20.3 Å². The first-order chi connectivity index (χ1) is 17.0. The number of halogens is 2. The van der Waals surface area contributed by atoms with Crippen LogP contribution in [0.15, 0.2) is 54.7 Å². The van der Waals surface area contributed by atoms with Crippen LogP contribution in [-0.2, 0) is 6.54 Å². The number of hydrogen-bond donors (Lipinski definition) is 1. The quantitative estimate of drug-likeness (QED) is 0.541. The molecule has 0 atom stereocenters. The van der Waals surface area contributed by atoms with Crippen LogP contribution in [0.1, 0.15) is 22.3 Å². The average Bonchev–Trinajstić information content (AvgIpc) is 3.11. The van der Waals surface area contributed by atoms with E-state index in [0.29, 0.717) is 34.9 Å². The van der Waals surface area contributed by atoms with E-state index in [1.165, 1.54) is 26.4 Å². The molecule has 4 rings (SSSR count). The molecule has 0 aliphatic carbocycles. The zero-order chi connectivity index (χ0) is 24.8. The Morgan fingerprint density at radius 1 is 0.971 bits per heavy atom. The van der Waals surface area contributed by atoms with E-state index in [1.54, 1.807) is 24.4 Å². The van der Waals surface area contributed by atoms with Gasteiger partial charge in [0.2, 0.25) is 0 Å². The fourth-order valence-corrected chi connectivity index (χ4v) is 4.08. The maximum Gasteiger partial charge on any atom is 0.255 e. The lowest BCUT2D eigenvalue weighted by Gasteiger charge is -2.23. The van der Waals surface area contributed by atoms with Gasteiger partial charge in [0.25, 0.3) is 5.91 Å². The molecule has 35 heavy (non-hydrogen) atoms. The molecule has 1 aliphatic rings. The van der Waals surface area contributed by atoms with Crippen molar-refractivity contribution in [2.24, 2.45) is 0 Å². The van der Waals surface area contributed by atoms with Crippen LogP contribution in [0, 0.1) is 11.6 Å². The zero-order valence-electron chi connectivity index (χ0n) is 19.8. The topological polar surface area (TPSA) is 66.9 Å². The summed E-state index contributed by atoms with van der Waals surface area (Å²) in [7, 11) is 3.06. The van der Waals surface area contributed by atoms with E-state index < -0.39 is 11.6 Å². The molecule has 0 spiro atoms. The van der Waals surface area contributed by atoms with Crippen molar-refractivity contribution in [1.29, 1.82) is 0 Å². The summed E-state index contributed by atoms with van der Waals surface area (Å²) < 4.78 is 37.7. The number of nitrogens with one attached hydrogen (secondary N) is 1. The van der Waals surface area contributed by atoms with E-state index in [9.17, 15) is 13.6 Å². The van der Waals surface area contributed by atoms with Gasteiger partial charge in [0.15, 0.2) is 11.5 Å². The number of pyridine rings is 1. The minimum atomic E-state index is -0.567. The summed E-state index contributed by atoms with van der Waals surface area (Å²) in [6, 6.07) is 12.4. The van der Waals surface area contributed by atoms with E-state index in [-0.39, 0.29) is 5.91 Å². The standard InChI is InChI=1S/C26H28F2N4O3/c1-34-23-8-5-18(14-24(23)35-2)26(33)30-21-7-9-25(29-16-21)32-11-3-10-31(12-13-32)17-19-4-6-20(27)15-22(19)28/h4-9,14-16H,3,10-13,17H2,1-2H3,(H,30,33). The molecule has 2 heterocycles. The van der Waals surface area contributed by atoms with Crippen LogP contribution in [0.5, 0.6) is 11.5 Å². The lowest BCUT2D eigenvalue weighted by Crippen LogP contribution is -2.31. The third kappa shape index (κ3) is 6.05. The summed E-state index contributed by atoms with van der Waals surface area (Å²) in [4.78, 5) is 21.5. The van der Waals surface area contributed by atoms with Crippen LogP contribution in [-0.4, -0.2) is 56.2 Å². The van der Waals surface area contributed by atoms with Gasteiger partial charge in [-0.25, -0.2) is 13.8 Å². The Bertz CT molecular complexity index is 1170. The van der Waals surface area contributed by atoms with E-state index in [2.05, 4.69) is 20.1 Å². The molecule has 3 aromatic rings. The number of amides is 1. The highest BCUT2D eigenvalue weighted by Gasteiger charge is 2.18. The Balaban J connectivity index is 1.35. The predicted molar refractivity (Wildman–Crippen MR) is 130 cm³/mol.